The number of ketones is 1. The minimum absolute atomic E-state index is 0.0168. The number of likely N-dealkylation sites (tertiary alicyclic amines) is 2. The van der Waals surface area contributed by atoms with Crippen molar-refractivity contribution in [3.05, 3.63) is 75.6 Å². The Morgan fingerprint density at radius 3 is 2.36 bits per heavy atom. The minimum Gasteiger partial charge on any atom is -0.354 e. The molecule has 4 saturated heterocycles. The van der Waals surface area contributed by atoms with E-state index in [1.54, 1.807) is 29.4 Å². The molecule has 2 bridgehead atoms. The Kier molecular flexibility index (Phi) is 19.5. The van der Waals surface area contributed by atoms with Crippen molar-refractivity contribution in [3.63, 3.8) is 0 Å². The van der Waals surface area contributed by atoms with E-state index in [0.29, 0.717) is 44.3 Å². The Bertz CT molecular complexity index is 3080. The van der Waals surface area contributed by atoms with Crippen molar-refractivity contribution in [3.8, 4) is 0 Å². The average molecular weight is 1200 g/mol. The van der Waals surface area contributed by atoms with Crippen molar-refractivity contribution in [1.82, 2.24) is 61.0 Å². The van der Waals surface area contributed by atoms with Crippen LogP contribution >= 0.6 is 11.6 Å². The molecule has 5 aliphatic heterocycles. The number of hydrogen-bond donors (Lipinski definition) is 7. The van der Waals surface area contributed by atoms with Gasteiger partial charge in [0.25, 0.3) is 17.6 Å². The highest BCUT2D eigenvalue weighted by atomic mass is 35.5. The van der Waals surface area contributed by atoms with Crippen molar-refractivity contribution in [2.24, 2.45) is 11.8 Å². The van der Waals surface area contributed by atoms with Gasteiger partial charge in [0.15, 0.2) is 0 Å². The smallest absolute Gasteiger partial charge is 0.296 e. The van der Waals surface area contributed by atoms with E-state index in [2.05, 4.69) is 58.5 Å². The fourth-order valence-electron chi connectivity index (χ4n) is 13.9. The van der Waals surface area contributed by atoms with Crippen LogP contribution in [0.2, 0.25) is 5.02 Å². The zero-order chi connectivity index (χ0) is 59.2. The zero-order valence-electron chi connectivity index (χ0n) is 48.0. The first kappa shape index (κ1) is 60.8. The predicted molar refractivity (Wildman–Crippen MR) is 312 cm³/mol. The summed E-state index contributed by atoms with van der Waals surface area (Å²) in [5.74, 6) is -3.35. The van der Waals surface area contributed by atoms with Crippen LogP contribution in [0.5, 0.6) is 0 Å². The number of likely N-dealkylation sites (N-methyl/N-ethyl adjacent to an activating group) is 1. The first-order chi connectivity index (χ1) is 40.4. The Balaban J connectivity index is 0.639. The average Bonchev–Trinajstić information content (AvgIpc) is 3.44. The third-order valence-corrected chi connectivity index (χ3v) is 20.9. The fourth-order valence-corrected chi connectivity index (χ4v) is 16.6. The van der Waals surface area contributed by atoms with Crippen LogP contribution in [0.15, 0.2) is 42.6 Å². The molecule has 5 fully saturated rings. The van der Waals surface area contributed by atoms with Crippen LogP contribution in [0.25, 0.3) is 0 Å². The summed E-state index contributed by atoms with van der Waals surface area (Å²) < 4.78 is 31.0. The summed E-state index contributed by atoms with van der Waals surface area (Å²) in [5, 5.41) is 29.2. The number of sulfonamides is 1. The lowest BCUT2D eigenvalue weighted by Gasteiger charge is -2.39. The molecule has 23 nitrogen and oxygen atoms in total. The number of Topliss-reactive ketones (excluding diaryl/α,β-unsaturated/α-hetero) is 1. The number of hydrogen-bond acceptors (Lipinski definition) is 14. The van der Waals surface area contributed by atoms with Gasteiger partial charge in [-0.1, -0.05) is 60.3 Å². The van der Waals surface area contributed by atoms with Crippen LogP contribution in [0.3, 0.4) is 0 Å². The first-order valence-corrected chi connectivity index (χ1v) is 32.2. The van der Waals surface area contributed by atoms with Gasteiger partial charge in [0.05, 0.1) is 45.4 Å². The topological polar surface area (TPSA) is 295 Å². The van der Waals surface area contributed by atoms with E-state index in [1.807, 2.05) is 18.2 Å². The number of carbonyl (C=O) groups excluding carboxylic acids is 8. The molecule has 2 aliphatic carbocycles. The number of carbonyl (C=O) groups is 8. The number of nitrogens with zero attached hydrogens (tertiary/aromatic N) is 6. The molecule has 1 saturated carbocycles. The van der Waals surface area contributed by atoms with Crippen molar-refractivity contribution in [2.75, 3.05) is 50.8 Å². The second-order valence-corrected chi connectivity index (χ2v) is 26.6. The van der Waals surface area contributed by atoms with Crippen LogP contribution in [0, 0.1) is 11.8 Å². The number of piperidine rings is 2. The quantitative estimate of drug-likeness (QED) is 0.0563. The van der Waals surface area contributed by atoms with Crippen molar-refractivity contribution >= 4 is 74.4 Å². The van der Waals surface area contributed by atoms with Gasteiger partial charge in [-0.25, -0.2) is 13.1 Å². The van der Waals surface area contributed by atoms with Crippen LogP contribution in [-0.4, -0.2) is 172 Å². The lowest BCUT2D eigenvalue weighted by molar-refractivity contribution is -0.143. The van der Waals surface area contributed by atoms with E-state index in [1.165, 1.54) is 22.4 Å². The second kappa shape index (κ2) is 26.9. The molecule has 6 heterocycles. The van der Waals surface area contributed by atoms with Crippen LogP contribution < -0.4 is 37.2 Å². The summed E-state index contributed by atoms with van der Waals surface area (Å²) >= 11 is 6.37. The van der Waals surface area contributed by atoms with Gasteiger partial charge >= 0.3 is 0 Å². The van der Waals surface area contributed by atoms with E-state index in [9.17, 15) is 46.8 Å². The Morgan fingerprint density at radius 1 is 0.857 bits per heavy atom. The summed E-state index contributed by atoms with van der Waals surface area (Å²) in [4.78, 5) is 110. The molecule has 7 amide bonds. The Morgan fingerprint density at radius 2 is 1.61 bits per heavy atom. The van der Waals surface area contributed by atoms with E-state index < -0.39 is 51.8 Å². The van der Waals surface area contributed by atoms with E-state index in [-0.39, 0.29) is 125 Å². The molecule has 7 N–H and O–H groups in total. The molecule has 3 aromatic rings. The van der Waals surface area contributed by atoms with Crippen LogP contribution in [0.4, 0.5) is 5.69 Å². The lowest BCUT2D eigenvalue weighted by Crippen LogP contribution is -2.58. The number of aromatic nitrogens is 3. The molecule has 25 heteroatoms. The highest BCUT2D eigenvalue weighted by Crippen LogP contribution is 2.40. The van der Waals surface area contributed by atoms with Crippen molar-refractivity contribution in [2.45, 2.75) is 177 Å². The van der Waals surface area contributed by atoms with E-state index in [4.69, 9.17) is 11.6 Å². The molecule has 2 aromatic carbocycles. The summed E-state index contributed by atoms with van der Waals surface area (Å²) in [7, 11) is -1.87. The number of nitrogens with one attached hydrogen (secondary N) is 7. The molecule has 8 atom stereocenters. The van der Waals surface area contributed by atoms with Gasteiger partial charge in [-0.05, 0) is 152 Å². The molecule has 1 aromatic heterocycles. The molecular weight excluding hydrogens is 1120 g/mol. The normalized spacial score (nSPS) is 24.6. The first-order valence-electron chi connectivity index (χ1n) is 30.3. The summed E-state index contributed by atoms with van der Waals surface area (Å²) in [6.45, 7) is 4.49. The number of aryl methyl sites for hydroxylation is 2. The number of anilines is 1. The molecule has 0 radical (unpaired) electrons. The summed E-state index contributed by atoms with van der Waals surface area (Å²) in [6, 6.07) is 7.20. The van der Waals surface area contributed by atoms with Crippen molar-refractivity contribution in [1.29, 1.82) is 0 Å². The maximum absolute atomic E-state index is 14.7. The molecule has 0 spiro atoms. The van der Waals surface area contributed by atoms with Gasteiger partial charge in [0, 0.05) is 56.3 Å². The maximum Gasteiger partial charge on any atom is 0.296 e. The van der Waals surface area contributed by atoms with E-state index in [0.717, 1.165) is 89.4 Å². The van der Waals surface area contributed by atoms with Crippen molar-refractivity contribution < 1.29 is 46.8 Å². The predicted octanol–water partition coefficient (Wildman–Crippen LogP) is 2.92. The fraction of sp³-hybridized carbons (Fsp3) is 0.627. The minimum atomic E-state index is -3.57. The third-order valence-electron chi connectivity index (χ3n) is 18.4. The highest BCUT2D eigenvalue weighted by molar-refractivity contribution is 7.89. The second-order valence-electron chi connectivity index (χ2n) is 24.2. The molecule has 10 rings (SSSR count). The number of benzene rings is 2. The number of fused-ring (bicyclic) bond motifs is 4. The Hall–Kier alpha value is -6.34. The molecule has 84 heavy (non-hydrogen) atoms. The van der Waals surface area contributed by atoms with Gasteiger partial charge < -0.3 is 47.0 Å². The number of rotatable bonds is 22. The van der Waals surface area contributed by atoms with Gasteiger partial charge in [-0.15, -0.1) is 5.10 Å². The number of halogens is 1. The maximum atomic E-state index is 14.7. The van der Waals surface area contributed by atoms with Gasteiger partial charge in [0.1, 0.15) is 18.6 Å². The highest BCUT2D eigenvalue weighted by Gasteiger charge is 2.49. The Labute approximate surface area is 495 Å². The molecule has 7 aliphatic rings. The monoisotopic (exact) mass is 1200 g/mol. The largest absolute Gasteiger partial charge is 0.354 e. The SMILES string of the molecule is CN[C@@H](C)C(=O)N[C@H](C(=O)N1CC(NC(=O)CCc2cn(CC(=O)NCCCN3CCC(CS(=O)(=O)N4[C@@H]5CC[C@H]4CC(NC(=O)c4cc6c(cc4Cl)NC(=O)C6=O)C5)CC3)nn2)C[C@H]1C(=O)NC1CCCc2ccccc21)C1CCCCC1. The van der Waals surface area contributed by atoms with E-state index >= 15 is 0 Å². The van der Waals surface area contributed by atoms with Gasteiger partial charge in [-0.3, -0.25) is 38.4 Å². The molecule has 3 unspecified atom stereocenters. The molecule has 454 valence electrons. The third kappa shape index (κ3) is 14.3. The number of amides is 7. The molecular formula is C59H80ClN13O10S. The zero-order valence-corrected chi connectivity index (χ0v) is 49.6. The van der Waals surface area contributed by atoms with Gasteiger partial charge in [-0.2, -0.15) is 4.31 Å². The van der Waals surface area contributed by atoms with Gasteiger partial charge in [0.2, 0.25) is 39.6 Å². The summed E-state index contributed by atoms with van der Waals surface area (Å²) in [5.41, 5.74) is 3.25. The summed E-state index contributed by atoms with van der Waals surface area (Å²) in [6.07, 6.45) is 13.9. The van der Waals surface area contributed by atoms with Crippen LogP contribution in [0.1, 0.15) is 153 Å². The van der Waals surface area contributed by atoms with Crippen LogP contribution in [-0.2, 0) is 58.2 Å². The standard InChI is InChI=1S/C59H80ClN13O10S/c1-35(61-2)55(77)67-53(38-11-4-3-5-12-38)59(81)72-32-41(28-50(72)57(79)65-48-15-8-13-37-10-6-7-14-44(37)48)63-51(74)19-16-39-31-71(69-68-39)33-52(75)62-22-9-23-70-24-20-36(21-25-70)34-84(82,83)73-42-17-18-43(73)27-40(26-42)64-56(78)45-29-46-49(30-47(45)60)66-58(80)54(46)76/h6-7,10,14,29-31,35-36,38,40-43,48,50,53,61H,3-5,8-9,11-13,15-28,32-34H2,1-2H3,(H,62,75)(H,63,74)(H,64,78)(H,65,79)(H,67,77)(H,66,76,80)/t35-,40?,41?,42-,43+,48?,50-,53-/m0/s1. The lowest BCUT2D eigenvalue weighted by atomic mass is 9.83.